The minimum atomic E-state index is -0.943. The number of hydrogen-bond donors (Lipinski definition) is 2. The molecule has 0 aliphatic heterocycles. The summed E-state index contributed by atoms with van der Waals surface area (Å²) in [5.74, 6) is -0.237. The van der Waals surface area contributed by atoms with Crippen LogP contribution in [0.4, 0.5) is 0 Å². The van der Waals surface area contributed by atoms with Gasteiger partial charge in [-0.2, -0.15) is 0 Å². The zero-order valence-electron chi connectivity index (χ0n) is 12.2. The molecule has 1 fully saturated rings. The fourth-order valence-corrected chi connectivity index (χ4v) is 2.19. The molecule has 114 valence electrons. The van der Waals surface area contributed by atoms with Crippen molar-refractivity contribution in [3.8, 4) is 5.75 Å². The van der Waals surface area contributed by atoms with Gasteiger partial charge in [0.25, 0.3) is 0 Å². The monoisotopic (exact) mass is 291 g/mol. The summed E-state index contributed by atoms with van der Waals surface area (Å²) in [4.78, 5) is 22.8. The van der Waals surface area contributed by atoms with Crippen LogP contribution in [0, 0.1) is 12.8 Å². The molecule has 1 atom stereocenters. The highest BCUT2D eigenvalue weighted by Gasteiger charge is 2.37. The van der Waals surface area contributed by atoms with Crippen LogP contribution in [0.1, 0.15) is 31.2 Å². The summed E-state index contributed by atoms with van der Waals surface area (Å²) in [5.41, 5.74) is 1.06. The fraction of sp³-hybridized carbons (Fsp3) is 0.500. The van der Waals surface area contributed by atoms with Crippen LogP contribution >= 0.6 is 0 Å². The lowest BCUT2D eigenvalue weighted by Gasteiger charge is -2.13. The Morgan fingerprint density at radius 1 is 1.38 bits per heavy atom. The lowest BCUT2D eigenvalue weighted by molar-refractivity contribution is -0.142. The van der Waals surface area contributed by atoms with Crippen molar-refractivity contribution in [1.29, 1.82) is 0 Å². The third-order valence-electron chi connectivity index (χ3n) is 3.58. The van der Waals surface area contributed by atoms with Crippen LogP contribution in [0.25, 0.3) is 0 Å². The van der Waals surface area contributed by atoms with E-state index < -0.39 is 12.0 Å². The quantitative estimate of drug-likeness (QED) is 0.719. The number of rotatable bonds is 8. The van der Waals surface area contributed by atoms with Crippen molar-refractivity contribution in [2.24, 2.45) is 5.92 Å². The van der Waals surface area contributed by atoms with Gasteiger partial charge in [-0.15, -0.1) is 0 Å². The van der Waals surface area contributed by atoms with Crippen molar-refractivity contribution in [2.45, 2.75) is 38.6 Å². The van der Waals surface area contributed by atoms with Gasteiger partial charge in [-0.1, -0.05) is 18.2 Å². The number of carboxylic acids is 1. The van der Waals surface area contributed by atoms with Gasteiger partial charge >= 0.3 is 5.97 Å². The number of amides is 1. The Labute approximate surface area is 124 Å². The molecule has 0 aromatic heterocycles. The van der Waals surface area contributed by atoms with Crippen molar-refractivity contribution < 1.29 is 19.4 Å². The van der Waals surface area contributed by atoms with Gasteiger partial charge in [-0.3, -0.25) is 4.79 Å². The van der Waals surface area contributed by atoms with Gasteiger partial charge in [0.05, 0.1) is 6.61 Å². The van der Waals surface area contributed by atoms with Gasteiger partial charge < -0.3 is 15.2 Å². The van der Waals surface area contributed by atoms with Crippen LogP contribution in [-0.4, -0.2) is 29.6 Å². The molecule has 1 amide bonds. The minimum Gasteiger partial charge on any atom is -0.493 e. The molecule has 2 rings (SSSR count). The van der Waals surface area contributed by atoms with Gasteiger partial charge in [0.1, 0.15) is 11.8 Å². The molecule has 5 nitrogen and oxygen atoms in total. The molecular formula is C16H21NO4. The number of aryl methyl sites for hydroxylation is 1. The molecule has 0 saturated heterocycles. The number of hydrogen-bond acceptors (Lipinski definition) is 3. The average molecular weight is 291 g/mol. The summed E-state index contributed by atoms with van der Waals surface area (Å²) in [6, 6.07) is 6.98. The third-order valence-corrected chi connectivity index (χ3v) is 3.58. The van der Waals surface area contributed by atoms with E-state index in [1.54, 1.807) is 0 Å². The molecular weight excluding hydrogens is 270 g/mol. The Bertz CT molecular complexity index is 511. The van der Waals surface area contributed by atoms with Crippen molar-refractivity contribution >= 4 is 11.9 Å². The molecule has 0 spiro atoms. The highest BCUT2D eigenvalue weighted by Crippen LogP contribution is 2.32. The van der Waals surface area contributed by atoms with Crippen LogP contribution in [0.15, 0.2) is 24.3 Å². The number of para-hydroxylation sites is 1. The predicted molar refractivity (Wildman–Crippen MR) is 78.2 cm³/mol. The van der Waals surface area contributed by atoms with E-state index in [1.807, 2.05) is 31.2 Å². The number of nitrogens with one attached hydrogen (secondary N) is 1. The van der Waals surface area contributed by atoms with E-state index in [9.17, 15) is 9.59 Å². The first-order valence-corrected chi connectivity index (χ1v) is 7.28. The molecule has 1 saturated carbocycles. The molecule has 0 heterocycles. The summed E-state index contributed by atoms with van der Waals surface area (Å²) >= 11 is 0. The first-order valence-electron chi connectivity index (χ1n) is 7.28. The zero-order chi connectivity index (χ0) is 15.2. The Morgan fingerprint density at radius 2 is 2.10 bits per heavy atom. The lowest BCUT2D eigenvalue weighted by Crippen LogP contribution is -2.42. The van der Waals surface area contributed by atoms with Crippen molar-refractivity contribution in [3.05, 3.63) is 29.8 Å². The minimum absolute atomic E-state index is 0.106. The second-order valence-electron chi connectivity index (χ2n) is 5.44. The second-order valence-corrected chi connectivity index (χ2v) is 5.44. The fourth-order valence-electron chi connectivity index (χ4n) is 2.19. The van der Waals surface area contributed by atoms with Crippen LogP contribution in [0.5, 0.6) is 5.75 Å². The molecule has 1 aliphatic rings. The van der Waals surface area contributed by atoms with E-state index >= 15 is 0 Å². The van der Waals surface area contributed by atoms with E-state index in [1.165, 1.54) is 0 Å². The van der Waals surface area contributed by atoms with Crippen LogP contribution in [-0.2, 0) is 9.59 Å². The van der Waals surface area contributed by atoms with Crippen LogP contribution in [0.2, 0.25) is 0 Å². The van der Waals surface area contributed by atoms with Gasteiger partial charge in [0, 0.05) is 6.42 Å². The summed E-state index contributed by atoms with van der Waals surface area (Å²) in [5, 5.41) is 11.6. The van der Waals surface area contributed by atoms with E-state index in [-0.39, 0.29) is 18.2 Å². The van der Waals surface area contributed by atoms with Gasteiger partial charge in [0.15, 0.2) is 0 Å². The maximum Gasteiger partial charge on any atom is 0.326 e. The average Bonchev–Trinajstić information content (AvgIpc) is 3.27. The number of carbonyl (C=O) groups is 2. The molecule has 1 aliphatic carbocycles. The summed E-state index contributed by atoms with van der Waals surface area (Å²) in [6.45, 7) is 2.41. The van der Waals surface area contributed by atoms with Crippen molar-refractivity contribution in [2.75, 3.05) is 6.61 Å². The number of carbonyl (C=O) groups excluding carboxylic acids is 1. The normalized spacial score (nSPS) is 15.3. The Morgan fingerprint density at radius 3 is 2.71 bits per heavy atom. The summed E-state index contributed by atoms with van der Waals surface area (Å²) < 4.78 is 5.60. The van der Waals surface area contributed by atoms with Gasteiger partial charge in [0.2, 0.25) is 5.91 Å². The molecule has 21 heavy (non-hydrogen) atoms. The Hall–Kier alpha value is -2.04. The summed E-state index contributed by atoms with van der Waals surface area (Å²) in [6.07, 6.45) is 2.61. The van der Waals surface area contributed by atoms with E-state index in [2.05, 4.69) is 5.32 Å². The number of ether oxygens (including phenoxy) is 1. The van der Waals surface area contributed by atoms with E-state index in [0.29, 0.717) is 13.0 Å². The molecule has 0 radical (unpaired) electrons. The van der Waals surface area contributed by atoms with Crippen molar-refractivity contribution in [1.82, 2.24) is 5.32 Å². The zero-order valence-corrected chi connectivity index (χ0v) is 12.2. The molecule has 0 bridgehead atoms. The number of carboxylic acid groups (broad SMARTS) is 1. The molecule has 2 N–H and O–H groups in total. The summed E-state index contributed by atoms with van der Waals surface area (Å²) in [7, 11) is 0. The lowest BCUT2D eigenvalue weighted by atomic mass is 10.2. The highest BCUT2D eigenvalue weighted by molar-refractivity contribution is 5.83. The standard InChI is InChI=1S/C16H21NO4/c1-11-5-2-3-6-13(11)21-10-4-7-14(18)17-15(16(19)20)12-8-9-12/h2-3,5-6,12,15H,4,7-10H2,1H3,(H,17,18)(H,19,20). The van der Waals surface area contributed by atoms with Crippen molar-refractivity contribution in [3.63, 3.8) is 0 Å². The van der Waals surface area contributed by atoms with Gasteiger partial charge in [-0.05, 0) is 43.7 Å². The Balaban J connectivity index is 1.67. The number of aliphatic carboxylic acids is 1. The van der Waals surface area contributed by atoms with E-state index in [4.69, 9.17) is 9.84 Å². The first kappa shape index (κ1) is 15.4. The second kappa shape index (κ2) is 7.11. The van der Waals surface area contributed by atoms with Crippen LogP contribution in [0.3, 0.4) is 0 Å². The molecule has 5 heteroatoms. The Kier molecular flexibility index (Phi) is 5.20. The SMILES string of the molecule is Cc1ccccc1OCCCC(=O)NC(C(=O)O)C1CC1. The molecule has 1 unspecified atom stereocenters. The van der Waals surface area contributed by atoms with Gasteiger partial charge in [-0.25, -0.2) is 4.79 Å². The maximum absolute atomic E-state index is 11.7. The predicted octanol–water partition coefficient (Wildman–Crippen LogP) is 2.13. The third kappa shape index (κ3) is 4.77. The molecule has 1 aromatic carbocycles. The largest absolute Gasteiger partial charge is 0.493 e. The van der Waals surface area contributed by atoms with E-state index in [0.717, 1.165) is 24.2 Å². The number of benzene rings is 1. The first-order chi connectivity index (χ1) is 10.1. The van der Waals surface area contributed by atoms with Crippen LogP contribution < -0.4 is 10.1 Å². The smallest absolute Gasteiger partial charge is 0.326 e. The maximum atomic E-state index is 11.7. The highest BCUT2D eigenvalue weighted by atomic mass is 16.5. The molecule has 1 aromatic rings. The topological polar surface area (TPSA) is 75.6 Å².